The predicted octanol–water partition coefficient (Wildman–Crippen LogP) is 3.07. The summed E-state index contributed by atoms with van der Waals surface area (Å²) < 4.78 is 13.1. The molecule has 0 radical (unpaired) electrons. The monoisotopic (exact) mass is 312 g/mol. The van der Waals surface area contributed by atoms with Crippen LogP contribution in [-0.4, -0.2) is 32.9 Å². The fourth-order valence-electron chi connectivity index (χ4n) is 2.28. The summed E-state index contributed by atoms with van der Waals surface area (Å²) in [4.78, 5) is 4.23. The molecule has 6 heteroatoms. The number of nitrogens with zero attached hydrogens (tertiary/aromatic N) is 2. The van der Waals surface area contributed by atoms with E-state index in [1.54, 1.807) is 31.5 Å². The molecule has 5 nitrogen and oxygen atoms in total. The lowest BCUT2D eigenvalue weighted by Gasteiger charge is -2.09. The van der Waals surface area contributed by atoms with Crippen LogP contribution in [0, 0.1) is 5.82 Å². The molecule has 0 fully saturated rings. The van der Waals surface area contributed by atoms with E-state index in [0.29, 0.717) is 12.4 Å². The third-order valence-electron chi connectivity index (χ3n) is 3.41. The summed E-state index contributed by atoms with van der Waals surface area (Å²) in [7, 11) is 0. The molecule has 0 aliphatic carbocycles. The first-order valence-electron chi connectivity index (χ1n) is 7.31. The normalized spacial score (nSPS) is 12.1. The van der Waals surface area contributed by atoms with Crippen LogP contribution in [-0.2, 0) is 0 Å². The molecule has 1 atom stereocenters. The first-order chi connectivity index (χ1) is 11.1. The molecule has 0 aliphatic heterocycles. The number of benzene rings is 1. The molecule has 0 saturated carbocycles. The molecule has 3 rings (SSSR count). The fraction of sp³-hybridized carbons (Fsp3) is 0.176. The van der Waals surface area contributed by atoms with Crippen molar-refractivity contribution in [2.45, 2.75) is 13.0 Å². The summed E-state index contributed by atoms with van der Waals surface area (Å²) in [6, 6.07) is 9.99. The van der Waals surface area contributed by atoms with E-state index in [9.17, 15) is 9.50 Å². The van der Waals surface area contributed by atoms with E-state index in [0.717, 1.165) is 22.4 Å². The molecule has 3 N–H and O–H groups in total. The highest BCUT2D eigenvalue weighted by molar-refractivity contribution is 5.81. The molecule has 1 aromatic carbocycles. The summed E-state index contributed by atoms with van der Waals surface area (Å²) in [5.74, 6) is 0.397. The molecular formula is C17H17FN4O. The van der Waals surface area contributed by atoms with Crippen LogP contribution >= 0.6 is 0 Å². The molecule has 0 unspecified atom stereocenters. The summed E-state index contributed by atoms with van der Waals surface area (Å²) in [5.41, 5.74) is 3.41. The van der Waals surface area contributed by atoms with Gasteiger partial charge in [0.15, 0.2) is 0 Å². The van der Waals surface area contributed by atoms with Gasteiger partial charge in [0.1, 0.15) is 11.6 Å². The minimum absolute atomic E-state index is 0.278. The van der Waals surface area contributed by atoms with Crippen molar-refractivity contribution in [1.29, 1.82) is 0 Å². The average Bonchev–Trinajstić information content (AvgIpc) is 3.03. The van der Waals surface area contributed by atoms with Gasteiger partial charge in [-0.3, -0.25) is 5.10 Å². The number of hydrogen-bond donors (Lipinski definition) is 3. The van der Waals surface area contributed by atoms with E-state index in [1.165, 1.54) is 12.1 Å². The summed E-state index contributed by atoms with van der Waals surface area (Å²) in [5, 5.41) is 19.5. The van der Waals surface area contributed by atoms with Crippen LogP contribution in [0.4, 0.5) is 10.2 Å². The van der Waals surface area contributed by atoms with Crippen LogP contribution in [0.1, 0.15) is 6.92 Å². The van der Waals surface area contributed by atoms with Crippen molar-refractivity contribution in [3.05, 3.63) is 54.6 Å². The number of aromatic nitrogens is 3. The van der Waals surface area contributed by atoms with E-state index in [-0.39, 0.29) is 5.82 Å². The molecule has 2 heterocycles. The minimum Gasteiger partial charge on any atom is -0.392 e. The van der Waals surface area contributed by atoms with Crippen molar-refractivity contribution < 1.29 is 9.50 Å². The highest BCUT2D eigenvalue weighted by atomic mass is 19.1. The Hall–Kier alpha value is -2.73. The number of hydrogen-bond acceptors (Lipinski definition) is 4. The quantitative estimate of drug-likeness (QED) is 0.677. The van der Waals surface area contributed by atoms with Crippen molar-refractivity contribution in [3.63, 3.8) is 0 Å². The van der Waals surface area contributed by atoms with Gasteiger partial charge in [0.25, 0.3) is 0 Å². The van der Waals surface area contributed by atoms with Gasteiger partial charge < -0.3 is 10.4 Å². The molecule has 0 amide bonds. The molecule has 0 bridgehead atoms. The second-order valence-corrected chi connectivity index (χ2v) is 5.31. The predicted molar refractivity (Wildman–Crippen MR) is 87.4 cm³/mol. The zero-order chi connectivity index (χ0) is 16.2. The second kappa shape index (κ2) is 6.58. The van der Waals surface area contributed by atoms with Gasteiger partial charge in [0, 0.05) is 30.1 Å². The number of aliphatic hydroxyl groups excluding tert-OH is 1. The third kappa shape index (κ3) is 3.54. The number of aromatic amines is 1. The molecule has 118 valence electrons. The largest absolute Gasteiger partial charge is 0.392 e. The van der Waals surface area contributed by atoms with Gasteiger partial charge in [0.05, 0.1) is 11.8 Å². The maximum Gasteiger partial charge on any atom is 0.126 e. The summed E-state index contributed by atoms with van der Waals surface area (Å²) in [6.07, 6.45) is 3.04. The second-order valence-electron chi connectivity index (χ2n) is 5.31. The molecule has 0 spiro atoms. The lowest BCUT2D eigenvalue weighted by molar-refractivity contribution is 0.208. The highest BCUT2D eigenvalue weighted by Gasteiger charge is 2.11. The van der Waals surface area contributed by atoms with E-state index in [4.69, 9.17) is 0 Å². The Kier molecular flexibility index (Phi) is 4.34. The molecule has 0 saturated heterocycles. The minimum atomic E-state index is -0.454. The number of anilines is 1. The number of pyridine rings is 1. The van der Waals surface area contributed by atoms with Crippen molar-refractivity contribution in [2.75, 3.05) is 11.9 Å². The average molecular weight is 312 g/mol. The van der Waals surface area contributed by atoms with Crippen LogP contribution in [0.2, 0.25) is 0 Å². The topological polar surface area (TPSA) is 73.8 Å². The number of aliphatic hydroxyl groups is 1. The van der Waals surface area contributed by atoms with Crippen molar-refractivity contribution >= 4 is 5.82 Å². The van der Waals surface area contributed by atoms with Gasteiger partial charge in [-0.2, -0.15) is 5.10 Å². The Balaban J connectivity index is 1.92. The maximum atomic E-state index is 13.1. The van der Waals surface area contributed by atoms with Gasteiger partial charge in [-0.15, -0.1) is 0 Å². The first kappa shape index (κ1) is 15.2. The molecule has 23 heavy (non-hydrogen) atoms. The number of nitrogens with one attached hydrogen (secondary N) is 2. The van der Waals surface area contributed by atoms with Crippen LogP contribution in [0.3, 0.4) is 0 Å². The van der Waals surface area contributed by atoms with E-state index < -0.39 is 6.10 Å². The summed E-state index contributed by atoms with van der Waals surface area (Å²) >= 11 is 0. The standard InChI is InChI=1S/C17H17FN4O/c1-11(23)9-20-16-8-13(6-7-19-16)15-10-21-22-17(15)12-2-4-14(18)5-3-12/h2-8,10-11,23H,9H2,1H3,(H,19,20)(H,21,22)/t11-/m1/s1. The van der Waals surface area contributed by atoms with Crippen LogP contribution in [0.5, 0.6) is 0 Å². The molecule has 3 aromatic rings. The van der Waals surface area contributed by atoms with Crippen LogP contribution < -0.4 is 5.32 Å². The first-order valence-corrected chi connectivity index (χ1v) is 7.31. The SMILES string of the molecule is C[C@@H](O)CNc1cc(-c2c[nH]nc2-c2ccc(F)cc2)ccn1. The Morgan fingerprint density at radius 3 is 2.74 bits per heavy atom. The Morgan fingerprint density at radius 1 is 1.22 bits per heavy atom. The molecule has 0 aliphatic rings. The third-order valence-corrected chi connectivity index (χ3v) is 3.41. The van der Waals surface area contributed by atoms with Crippen LogP contribution in [0.25, 0.3) is 22.4 Å². The fourth-order valence-corrected chi connectivity index (χ4v) is 2.28. The van der Waals surface area contributed by atoms with E-state index >= 15 is 0 Å². The van der Waals surface area contributed by atoms with Gasteiger partial charge in [0.2, 0.25) is 0 Å². The lowest BCUT2D eigenvalue weighted by Crippen LogP contribution is -2.15. The van der Waals surface area contributed by atoms with Crippen molar-refractivity contribution in [2.24, 2.45) is 0 Å². The highest BCUT2D eigenvalue weighted by Crippen LogP contribution is 2.30. The Bertz CT molecular complexity index is 783. The number of H-pyrrole nitrogens is 1. The molecule has 2 aromatic heterocycles. The van der Waals surface area contributed by atoms with E-state index in [1.807, 2.05) is 12.1 Å². The number of rotatable bonds is 5. The van der Waals surface area contributed by atoms with Gasteiger partial charge in [-0.05, 0) is 48.9 Å². The Morgan fingerprint density at radius 2 is 2.00 bits per heavy atom. The van der Waals surface area contributed by atoms with Gasteiger partial charge >= 0.3 is 0 Å². The van der Waals surface area contributed by atoms with Gasteiger partial charge in [-0.1, -0.05) is 0 Å². The maximum absolute atomic E-state index is 13.1. The lowest BCUT2D eigenvalue weighted by atomic mass is 10.0. The zero-order valence-corrected chi connectivity index (χ0v) is 12.6. The smallest absolute Gasteiger partial charge is 0.126 e. The number of halogens is 1. The van der Waals surface area contributed by atoms with Crippen LogP contribution in [0.15, 0.2) is 48.8 Å². The van der Waals surface area contributed by atoms with Crippen molar-refractivity contribution in [1.82, 2.24) is 15.2 Å². The van der Waals surface area contributed by atoms with Gasteiger partial charge in [-0.25, -0.2) is 9.37 Å². The Labute approximate surface area is 133 Å². The molecular weight excluding hydrogens is 295 g/mol. The van der Waals surface area contributed by atoms with Crippen molar-refractivity contribution in [3.8, 4) is 22.4 Å². The summed E-state index contributed by atoms with van der Waals surface area (Å²) in [6.45, 7) is 2.13. The zero-order valence-electron chi connectivity index (χ0n) is 12.6. The van der Waals surface area contributed by atoms with E-state index in [2.05, 4.69) is 20.5 Å².